The maximum Gasteiger partial charge on any atom is 0.229 e. The Kier molecular flexibility index (Phi) is 6.01. The summed E-state index contributed by atoms with van der Waals surface area (Å²) in [6.45, 7) is 4.23. The molecule has 1 N–H and O–H groups in total. The van der Waals surface area contributed by atoms with E-state index in [0.29, 0.717) is 18.3 Å². The van der Waals surface area contributed by atoms with Gasteiger partial charge in [-0.1, -0.05) is 11.6 Å². The minimum atomic E-state index is -0.949. The topological polar surface area (TPSA) is 72.3 Å². The Morgan fingerprint density at radius 2 is 2.03 bits per heavy atom. The third-order valence-corrected chi connectivity index (χ3v) is 8.69. The minimum absolute atomic E-state index is 0.00665. The van der Waals surface area contributed by atoms with Gasteiger partial charge < -0.3 is 10.1 Å². The average Bonchev–Trinajstić information content (AvgIpc) is 3.44. The molecule has 2 aromatic heterocycles. The van der Waals surface area contributed by atoms with E-state index < -0.39 is 11.7 Å². The van der Waals surface area contributed by atoms with E-state index in [2.05, 4.69) is 26.4 Å². The van der Waals surface area contributed by atoms with Crippen molar-refractivity contribution in [3.05, 3.63) is 52.9 Å². The summed E-state index contributed by atoms with van der Waals surface area (Å²) >= 11 is 6.70. The number of hydrogen-bond donors (Lipinski definition) is 1. The Hall–Kier alpha value is -2.55. The van der Waals surface area contributed by atoms with Gasteiger partial charge in [0.15, 0.2) is 0 Å². The second-order valence-corrected chi connectivity index (χ2v) is 11.2. The SMILES string of the molecule is Cn1cc([C@@H]2C[C@H]2C(=O)Nc2cc3cc(C4CCN([C@@]5(C)COC[C@H]5F)CC4)c(Cl)cc3cn2)cn1. The van der Waals surface area contributed by atoms with Gasteiger partial charge in [0.25, 0.3) is 0 Å². The van der Waals surface area contributed by atoms with Crippen LogP contribution in [0.2, 0.25) is 5.02 Å². The van der Waals surface area contributed by atoms with Crippen molar-refractivity contribution in [1.29, 1.82) is 0 Å². The van der Waals surface area contributed by atoms with Gasteiger partial charge in [-0.3, -0.25) is 14.4 Å². The number of fused-ring (bicyclic) bond motifs is 1. The van der Waals surface area contributed by atoms with E-state index in [1.807, 2.05) is 38.5 Å². The average molecular weight is 512 g/mol. The molecule has 1 aliphatic carbocycles. The van der Waals surface area contributed by atoms with E-state index in [9.17, 15) is 9.18 Å². The van der Waals surface area contributed by atoms with Crippen LogP contribution >= 0.6 is 11.6 Å². The number of hydrogen-bond acceptors (Lipinski definition) is 5. The van der Waals surface area contributed by atoms with Crippen molar-refractivity contribution in [2.75, 3.05) is 31.6 Å². The summed E-state index contributed by atoms with van der Waals surface area (Å²) in [5, 5.41) is 9.88. The molecule has 0 radical (unpaired) electrons. The molecule has 4 heterocycles. The molecule has 1 aromatic carbocycles. The number of nitrogens with zero attached hydrogens (tertiary/aromatic N) is 4. The fourth-order valence-electron chi connectivity index (χ4n) is 5.90. The quantitative estimate of drug-likeness (QED) is 0.539. The number of rotatable bonds is 5. The molecular weight excluding hydrogens is 481 g/mol. The molecule has 7 nitrogen and oxygen atoms in total. The van der Waals surface area contributed by atoms with Crippen LogP contribution in [0, 0.1) is 5.92 Å². The summed E-state index contributed by atoms with van der Waals surface area (Å²) in [6.07, 6.45) is 7.28. The first-order chi connectivity index (χ1) is 17.3. The maximum absolute atomic E-state index is 14.5. The monoisotopic (exact) mass is 511 g/mol. The molecule has 1 amide bonds. The van der Waals surface area contributed by atoms with Crippen LogP contribution in [0.5, 0.6) is 0 Å². The first-order valence-corrected chi connectivity index (χ1v) is 13.0. The lowest BCUT2D eigenvalue weighted by molar-refractivity contribution is -0.117. The number of halogens is 2. The summed E-state index contributed by atoms with van der Waals surface area (Å²) in [5.74, 6) is 1.03. The van der Waals surface area contributed by atoms with Crippen molar-refractivity contribution in [2.24, 2.45) is 13.0 Å². The number of nitrogens with one attached hydrogen (secondary N) is 1. The maximum atomic E-state index is 14.5. The molecule has 0 unspecified atom stereocenters. The molecule has 190 valence electrons. The van der Waals surface area contributed by atoms with Crippen LogP contribution in [0.25, 0.3) is 10.8 Å². The standard InChI is InChI=1S/C27H31ClFN5O2/c1-27(15-36-14-24(27)29)34-5-3-16(4-6-34)21-7-17-9-25(30-11-18(17)8-23(21)28)32-26(35)22-10-20(22)19-12-31-33(2)13-19/h7-9,11-13,16,20,22,24H,3-6,10,14-15H2,1-2H3,(H,30,32,35)/t20-,22+,24+,27-/m0/s1. The number of aromatic nitrogens is 3. The van der Waals surface area contributed by atoms with Gasteiger partial charge in [0.05, 0.1) is 24.9 Å². The highest BCUT2D eigenvalue weighted by Gasteiger charge is 2.46. The zero-order valence-electron chi connectivity index (χ0n) is 20.6. The Morgan fingerprint density at radius 1 is 1.22 bits per heavy atom. The van der Waals surface area contributed by atoms with Crippen LogP contribution in [0.3, 0.4) is 0 Å². The minimum Gasteiger partial charge on any atom is -0.376 e. The number of carbonyl (C=O) groups excluding carboxylic acids is 1. The molecule has 6 rings (SSSR count). The van der Waals surface area contributed by atoms with Gasteiger partial charge in [-0.2, -0.15) is 5.10 Å². The van der Waals surface area contributed by atoms with Crippen molar-refractivity contribution in [2.45, 2.75) is 49.7 Å². The fourth-order valence-corrected chi connectivity index (χ4v) is 6.22. The number of piperidine rings is 1. The second kappa shape index (κ2) is 9.08. The number of pyridine rings is 1. The van der Waals surface area contributed by atoms with Crippen LogP contribution in [-0.2, 0) is 16.6 Å². The van der Waals surface area contributed by atoms with E-state index in [-0.39, 0.29) is 24.3 Å². The summed E-state index contributed by atoms with van der Waals surface area (Å²) in [5.41, 5.74) is 1.68. The third kappa shape index (κ3) is 4.29. The molecular formula is C27H31ClFN5O2. The first kappa shape index (κ1) is 23.8. The van der Waals surface area contributed by atoms with Crippen LogP contribution in [0.4, 0.5) is 10.2 Å². The molecule has 2 saturated heterocycles. The Morgan fingerprint density at radius 3 is 2.72 bits per heavy atom. The largest absolute Gasteiger partial charge is 0.376 e. The Balaban J connectivity index is 1.15. The van der Waals surface area contributed by atoms with Gasteiger partial charge in [0.2, 0.25) is 5.91 Å². The summed E-state index contributed by atoms with van der Waals surface area (Å²) in [4.78, 5) is 19.5. The fraction of sp³-hybridized carbons (Fsp3) is 0.519. The zero-order valence-corrected chi connectivity index (χ0v) is 21.3. The molecule has 1 saturated carbocycles. The number of likely N-dealkylation sites (tertiary alicyclic amines) is 1. The van der Waals surface area contributed by atoms with E-state index >= 15 is 0 Å². The molecule has 0 spiro atoms. The van der Waals surface area contributed by atoms with Crippen LogP contribution in [-0.4, -0.2) is 63.6 Å². The number of amides is 1. The van der Waals surface area contributed by atoms with Crippen molar-refractivity contribution >= 4 is 34.1 Å². The van der Waals surface area contributed by atoms with Gasteiger partial charge in [0.1, 0.15) is 12.0 Å². The smallest absolute Gasteiger partial charge is 0.229 e. The second-order valence-electron chi connectivity index (χ2n) is 10.8. The predicted molar refractivity (Wildman–Crippen MR) is 137 cm³/mol. The van der Waals surface area contributed by atoms with Crippen molar-refractivity contribution in [3.8, 4) is 0 Å². The predicted octanol–water partition coefficient (Wildman–Crippen LogP) is 4.67. The van der Waals surface area contributed by atoms with Crippen molar-refractivity contribution < 1.29 is 13.9 Å². The molecule has 3 aromatic rings. The molecule has 3 aliphatic rings. The zero-order chi connectivity index (χ0) is 25.0. The highest BCUT2D eigenvalue weighted by molar-refractivity contribution is 6.32. The number of alkyl halides is 1. The summed E-state index contributed by atoms with van der Waals surface area (Å²) in [7, 11) is 1.88. The molecule has 2 aliphatic heterocycles. The Labute approximate surface area is 215 Å². The lowest BCUT2D eigenvalue weighted by atomic mass is 9.85. The normalized spacial score (nSPS) is 29.1. The molecule has 0 bridgehead atoms. The van der Waals surface area contributed by atoms with E-state index in [0.717, 1.165) is 59.3 Å². The highest BCUT2D eigenvalue weighted by atomic mass is 35.5. The van der Waals surface area contributed by atoms with Crippen molar-refractivity contribution in [3.63, 3.8) is 0 Å². The van der Waals surface area contributed by atoms with Crippen molar-refractivity contribution in [1.82, 2.24) is 19.7 Å². The van der Waals surface area contributed by atoms with Gasteiger partial charge in [-0.05, 0) is 85.8 Å². The summed E-state index contributed by atoms with van der Waals surface area (Å²) < 4.78 is 21.7. The van der Waals surface area contributed by atoms with Gasteiger partial charge in [-0.25, -0.2) is 9.37 Å². The van der Waals surface area contributed by atoms with E-state index in [1.54, 1.807) is 10.9 Å². The number of carbonyl (C=O) groups is 1. The van der Waals surface area contributed by atoms with Gasteiger partial charge in [-0.15, -0.1) is 0 Å². The molecule has 36 heavy (non-hydrogen) atoms. The van der Waals surface area contributed by atoms with Crippen LogP contribution < -0.4 is 5.32 Å². The molecule has 3 fully saturated rings. The van der Waals surface area contributed by atoms with Crippen LogP contribution in [0.15, 0.2) is 36.8 Å². The van der Waals surface area contributed by atoms with Gasteiger partial charge in [0, 0.05) is 35.8 Å². The van der Waals surface area contributed by atoms with Gasteiger partial charge >= 0.3 is 0 Å². The van der Waals surface area contributed by atoms with E-state index in [1.165, 1.54) is 0 Å². The number of ether oxygens (including phenoxy) is 1. The summed E-state index contributed by atoms with van der Waals surface area (Å²) in [6, 6.07) is 6.01. The number of benzene rings is 1. The Bertz CT molecular complexity index is 1310. The molecule has 4 atom stereocenters. The lowest BCUT2D eigenvalue weighted by Gasteiger charge is -2.43. The highest BCUT2D eigenvalue weighted by Crippen LogP contribution is 2.48. The number of aryl methyl sites for hydroxylation is 1. The first-order valence-electron chi connectivity index (χ1n) is 12.7. The van der Waals surface area contributed by atoms with E-state index in [4.69, 9.17) is 16.3 Å². The number of anilines is 1. The lowest BCUT2D eigenvalue weighted by Crippen LogP contribution is -2.55. The third-order valence-electron chi connectivity index (χ3n) is 8.36. The molecule has 9 heteroatoms. The van der Waals surface area contributed by atoms with Crippen LogP contribution in [0.1, 0.15) is 49.1 Å².